The third-order valence-corrected chi connectivity index (χ3v) is 3.38. The lowest BCUT2D eigenvalue weighted by Gasteiger charge is -2.22. The zero-order valence-electron chi connectivity index (χ0n) is 8.87. The van der Waals surface area contributed by atoms with Crippen LogP contribution in [0, 0.1) is 0 Å². The molecule has 0 spiro atoms. The van der Waals surface area contributed by atoms with E-state index < -0.39 is 10.0 Å². The number of aromatic nitrogens is 2. The molecule has 1 saturated heterocycles. The summed E-state index contributed by atoms with van der Waals surface area (Å²) in [6, 6.07) is 0. The Morgan fingerprint density at radius 3 is 2.94 bits per heavy atom. The molecule has 7 heteroatoms. The Kier molecular flexibility index (Phi) is 3.27. The lowest BCUT2D eigenvalue weighted by molar-refractivity contribution is 0.00594. The first kappa shape index (κ1) is 11.6. The third kappa shape index (κ3) is 2.81. The predicted octanol–water partition coefficient (Wildman–Crippen LogP) is 0.0996. The molecule has 0 amide bonds. The summed E-state index contributed by atoms with van der Waals surface area (Å²) in [4.78, 5) is 3.75. The van der Waals surface area contributed by atoms with Crippen LogP contribution in [0.5, 0.6) is 0 Å². The van der Waals surface area contributed by atoms with Gasteiger partial charge in [-0.05, 0) is 19.3 Å². The van der Waals surface area contributed by atoms with E-state index in [0.717, 1.165) is 25.9 Å². The molecule has 1 unspecified atom stereocenters. The van der Waals surface area contributed by atoms with Crippen molar-refractivity contribution in [2.24, 2.45) is 5.14 Å². The van der Waals surface area contributed by atoms with Gasteiger partial charge in [-0.15, -0.1) is 0 Å². The predicted molar refractivity (Wildman–Crippen MR) is 57.2 cm³/mol. The van der Waals surface area contributed by atoms with Gasteiger partial charge in [0.05, 0.1) is 12.4 Å². The highest BCUT2D eigenvalue weighted by molar-refractivity contribution is 7.89. The Morgan fingerprint density at radius 1 is 1.56 bits per heavy atom. The van der Waals surface area contributed by atoms with Crippen molar-refractivity contribution in [2.45, 2.75) is 36.9 Å². The van der Waals surface area contributed by atoms with Crippen molar-refractivity contribution in [3.05, 3.63) is 12.5 Å². The summed E-state index contributed by atoms with van der Waals surface area (Å²) < 4.78 is 29.3. The van der Waals surface area contributed by atoms with E-state index in [9.17, 15) is 8.42 Å². The fourth-order valence-corrected chi connectivity index (χ4v) is 2.25. The number of nitrogens with zero attached hydrogens (tertiary/aromatic N) is 2. The standard InChI is InChI=1S/C9H15N3O3S/c10-16(13,14)9-6-12(7-11-9)5-8-3-1-2-4-15-8/h6-8H,1-5H2,(H2,10,13,14). The molecular weight excluding hydrogens is 230 g/mol. The van der Waals surface area contributed by atoms with Crippen LogP contribution >= 0.6 is 0 Å². The quantitative estimate of drug-likeness (QED) is 0.818. The molecule has 1 aromatic rings. The molecule has 2 heterocycles. The molecule has 6 nitrogen and oxygen atoms in total. The molecule has 1 aromatic heterocycles. The molecule has 0 saturated carbocycles. The van der Waals surface area contributed by atoms with Crippen LogP contribution in [0.3, 0.4) is 0 Å². The topological polar surface area (TPSA) is 87.2 Å². The van der Waals surface area contributed by atoms with Gasteiger partial charge in [0.1, 0.15) is 0 Å². The van der Waals surface area contributed by atoms with E-state index in [-0.39, 0.29) is 11.1 Å². The molecule has 2 N–H and O–H groups in total. The molecule has 90 valence electrons. The van der Waals surface area contributed by atoms with Gasteiger partial charge in [-0.3, -0.25) is 0 Å². The van der Waals surface area contributed by atoms with E-state index in [2.05, 4.69) is 4.98 Å². The molecule has 0 aromatic carbocycles. The van der Waals surface area contributed by atoms with Gasteiger partial charge in [-0.1, -0.05) is 0 Å². The number of nitrogens with two attached hydrogens (primary N) is 1. The molecule has 0 aliphatic carbocycles. The van der Waals surface area contributed by atoms with E-state index in [4.69, 9.17) is 9.88 Å². The Hall–Kier alpha value is -0.920. The Balaban J connectivity index is 2.02. The average Bonchev–Trinajstić information content (AvgIpc) is 2.67. The van der Waals surface area contributed by atoms with Crippen LogP contribution in [0.15, 0.2) is 17.6 Å². The van der Waals surface area contributed by atoms with E-state index in [1.54, 1.807) is 4.57 Å². The molecule has 1 fully saturated rings. The molecule has 1 atom stereocenters. The normalized spacial score (nSPS) is 22.2. The zero-order chi connectivity index (χ0) is 11.6. The minimum Gasteiger partial charge on any atom is -0.376 e. The number of ether oxygens (including phenoxy) is 1. The number of sulfonamides is 1. The summed E-state index contributed by atoms with van der Waals surface area (Å²) in [6.45, 7) is 1.41. The second-order valence-electron chi connectivity index (χ2n) is 3.94. The third-order valence-electron chi connectivity index (χ3n) is 2.59. The van der Waals surface area contributed by atoms with Gasteiger partial charge in [0.15, 0.2) is 5.03 Å². The molecule has 0 radical (unpaired) electrons. The number of imidazole rings is 1. The lowest BCUT2D eigenvalue weighted by atomic mass is 10.1. The largest absolute Gasteiger partial charge is 0.376 e. The first-order valence-corrected chi connectivity index (χ1v) is 6.76. The molecule has 1 aliphatic heterocycles. The zero-order valence-corrected chi connectivity index (χ0v) is 9.69. The summed E-state index contributed by atoms with van der Waals surface area (Å²) in [5.74, 6) is 0. The first-order chi connectivity index (χ1) is 7.55. The Morgan fingerprint density at radius 2 is 2.38 bits per heavy atom. The van der Waals surface area contributed by atoms with Crippen molar-refractivity contribution in [2.75, 3.05) is 6.61 Å². The molecule has 2 rings (SSSR count). The van der Waals surface area contributed by atoms with Crippen molar-refractivity contribution < 1.29 is 13.2 Å². The van der Waals surface area contributed by atoms with Gasteiger partial charge in [0.25, 0.3) is 10.0 Å². The Labute approximate surface area is 94.5 Å². The molecule has 16 heavy (non-hydrogen) atoms. The maximum absolute atomic E-state index is 11.0. The van der Waals surface area contributed by atoms with E-state index in [1.807, 2.05) is 0 Å². The summed E-state index contributed by atoms with van der Waals surface area (Å²) in [5, 5.41) is 4.87. The van der Waals surface area contributed by atoms with Gasteiger partial charge in [-0.25, -0.2) is 18.5 Å². The van der Waals surface area contributed by atoms with Crippen LogP contribution in [0.2, 0.25) is 0 Å². The van der Waals surface area contributed by atoms with Crippen LogP contribution in [-0.4, -0.2) is 30.7 Å². The monoisotopic (exact) mass is 245 g/mol. The highest BCUT2D eigenvalue weighted by Gasteiger charge is 2.16. The second-order valence-corrected chi connectivity index (χ2v) is 5.45. The molecule has 1 aliphatic rings. The molecule has 0 bridgehead atoms. The van der Waals surface area contributed by atoms with Crippen LogP contribution in [0.25, 0.3) is 0 Å². The summed E-state index contributed by atoms with van der Waals surface area (Å²) in [7, 11) is -3.70. The fourth-order valence-electron chi connectivity index (χ4n) is 1.77. The van der Waals surface area contributed by atoms with Crippen molar-refractivity contribution in [3.8, 4) is 0 Å². The van der Waals surface area contributed by atoms with Gasteiger partial charge >= 0.3 is 0 Å². The van der Waals surface area contributed by atoms with Gasteiger partial charge < -0.3 is 9.30 Å². The smallest absolute Gasteiger partial charge is 0.257 e. The number of hydrogen-bond acceptors (Lipinski definition) is 4. The Bertz CT molecular complexity index is 448. The lowest BCUT2D eigenvalue weighted by Crippen LogP contribution is -2.23. The van der Waals surface area contributed by atoms with Gasteiger partial charge in [0, 0.05) is 19.3 Å². The second kappa shape index (κ2) is 4.52. The van der Waals surface area contributed by atoms with Crippen LogP contribution < -0.4 is 5.14 Å². The number of hydrogen-bond donors (Lipinski definition) is 1. The number of rotatable bonds is 3. The van der Waals surface area contributed by atoms with Gasteiger partial charge in [0.2, 0.25) is 0 Å². The minimum absolute atomic E-state index is 0.0942. The summed E-state index contributed by atoms with van der Waals surface area (Å²) >= 11 is 0. The van der Waals surface area contributed by atoms with E-state index in [1.165, 1.54) is 12.5 Å². The van der Waals surface area contributed by atoms with Crippen LogP contribution in [0.4, 0.5) is 0 Å². The highest BCUT2D eigenvalue weighted by Crippen LogP contribution is 2.15. The fraction of sp³-hybridized carbons (Fsp3) is 0.667. The van der Waals surface area contributed by atoms with E-state index in [0.29, 0.717) is 6.54 Å². The van der Waals surface area contributed by atoms with Crippen molar-refractivity contribution in [3.63, 3.8) is 0 Å². The van der Waals surface area contributed by atoms with Crippen molar-refractivity contribution in [1.29, 1.82) is 0 Å². The summed E-state index contributed by atoms with van der Waals surface area (Å²) in [6.07, 6.45) is 6.31. The van der Waals surface area contributed by atoms with Crippen LogP contribution in [-0.2, 0) is 21.3 Å². The van der Waals surface area contributed by atoms with Crippen LogP contribution in [0.1, 0.15) is 19.3 Å². The van der Waals surface area contributed by atoms with Gasteiger partial charge in [-0.2, -0.15) is 0 Å². The first-order valence-electron chi connectivity index (χ1n) is 5.22. The average molecular weight is 245 g/mol. The minimum atomic E-state index is -3.70. The number of primary sulfonamides is 1. The maximum atomic E-state index is 11.0. The van der Waals surface area contributed by atoms with E-state index >= 15 is 0 Å². The maximum Gasteiger partial charge on any atom is 0.257 e. The van der Waals surface area contributed by atoms with Crippen molar-refractivity contribution >= 4 is 10.0 Å². The summed E-state index contributed by atoms with van der Waals surface area (Å²) in [5.41, 5.74) is 0. The van der Waals surface area contributed by atoms with Crippen molar-refractivity contribution in [1.82, 2.24) is 9.55 Å². The highest BCUT2D eigenvalue weighted by atomic mass is 32.2. The SMILES string of the molecule is NS(=O)(=O)c1cn(CC2CCCCO2)cn1. The molecular formula is C9H15N3O3S.